The molecule has 0 aliphatic rings. The lowest BCUT2D eigenvalue weighted by atomic mass is 10.0. The SMILES string of the molecule is CCOc1ccc(CBr)c(C(=O)CCBr)c1. The van der Waals surface area contributed by atoms with Crippen molar-refractivity contribution in [2.45, 2.75) is 18.7 Å². The van der Waals surface area contributed by atoms with Crippen LogP contribution in [-0.2, 0) is 5.33 Å². The highest BCUT2D eigenvalue weighted by Gasteiger charge is 2.11. The number of halogens is 2. The minimum Gasteiger partial charge on any atom is -0.494 e. The Morgan fingerprint density at radius 2 is 2.12 bits per heavy atom. The van der Waals surface area contributed by atoms with Crippen molar-refractivity contribution in [2.75, 3.05) is 11.9 Å². The van der Waals surface area contributed by atoms with E-state index >= 15 is 0 Å². The zero-order valence-electron chi connectivity index (χ0n) is 9.13. The van der Waals surface area contributed by atoms with Crippen LogP contribution in [-0.4, -0.2) is 17.7 Å². The van der Waals surface area contributed by atoms with E-state index in [0.717, 1.165) is 16.9 Å². The van der Waals surface area contributed by atoms with Gasteiger partial charge in [0.2, 0.25) is 0 Å². The van der Waals surface area contributed by atoms with Crippen molar-refractivity contribution < 1.29 is 9.53 Å². The van der Waals surface area contributed by atoms with Gasteiger partial charge >= 0.3 is 0 Å². The van der Waals surface area contributed by atoms with E-state index in [4.69, 9.17) is 4.74 Å². The van der Waals surface area contributed by atoms with Crippen LogP contribution in [0.5, 0.6) is 5.75 Å². The highest BCUT2D eigenvalue weighted by atomic mass is 79.9. The van der Waals surface area contributed by atoms with E-state index in [9.17, 15) is 4.79 Å². The van der Waals surface area contributed by atoms with Crippen molar-refractivity contribution in [2.24, 2.45) is 0 Å². The summed E-state index contributed by atoms with van der Waals surface area (Å²) in [5, 5.41) is 1.37. The summed E-state index contributed by atoms with van der Waals surface area (Å²) >= 11 is 6.67. The van der Waals surface area contributed by atoms with Gasteiger partial charge in [0.1, 0.15) is 5.75 Å². The van der Waals surface area contributed by atoms with Crippen LogP contribution in [0.15, 0.2) is 18.2 Å². The van der Waals surface area contributed by atoms with Gasteiger partial charge in [-0.1, -0.05) is 37.9 Å². The molecule has 1 aromatic rings. The van der Waals surface area contributed by atoms with Crippen LogP contribution >= 0.6 is 31.9 Å². The Morgan fingerprint density at radius 3 is 2.69 bits per heavy atom. The largest absolute Gasteiger partial charge is 0.494 e. The van der Waals surface area contributed by atoms with Gasteiger partial charge in [0.05, 0.1) is 6.61 Å². The maximum absolute atomic E-state index is 11.9. The summed E-state index contributed by atoms with van der Waals surface area (Å²) in [6.45, 7) is 2.54. The van der Waals surface area contributed by atoms with Gasteiger partial charge in [-0.2, -0.15) is 0 Å². The van der Waals surface area contributed by atoms with Gasteiger partial charge in [0.25, 0.3) is 0 Å². The molecule has 0 N–H and O–H groups in total. The standard InChI is InChI=1S/C12H14Br2O2/c1-2-16-10-4-3-9(8-14)11(7-10)12(15)5-6-13/h3-4,7H,2,5-6,8H2,1H3. The molecule has 88 valence electrons. The number of ketones is 1. The minimum absolute atomic E-state index is 0.146. The summed E-state index contributed by atoms with van der Waals surface area (Å²) in [7, 11) is 0. The van der Waals surface area contributed by atoms with E-state index in [1.807, 2.05) is 25.1 Å². The van der Waals surface area contributed by atoms with Crippen LogP contribution < -0.4 is 4.74 Å². The van der Waals surface area contributed by atoms with Gasteiger partial charge in [-0.25, -0.2) is 0 Å². The Hall–Kier alpha value is -0.350. The number of Topliss-reactive ketones (excluding diaryl/α,β-unsaturated/α-hetero) is 1. The van der Waals surface area contributed by atoms with Crippen molar-refractivity contribution >= 4 is 37.6 Å². The van der Waals surface area contributed by atoms with Crippen molar-refractivity contribution in [3.05, 3.63) is 29.3 Å². The van der Waals surface area contributed by atoms with Gasteiger partial charge in [-0.3, -0.25) is 4.79 Å². The first-order chi connectivity index (χ1) is 7.72. The predicted octanol–water partition coefficient (Wildman–Crippen LogP) is 3.95. The van der Waals surface area contributed by atoms with Crippen LogP contribution in [0, 0.1) is 0 Å². The van der Waals surface area contributed by atoms with Crippen LogP contribution in [0.4, 0.5) is 0 Å². The van der Waals surface area contributed by atoms with Gasteiger partial charge in [0.15, 0.2) is 5.78 Å². The van der Waals surface area contributed by atoms with E-state index in [0.29, 0.717) is 23.7 Å². The average Bonchev–Trinajstić information content (AvgIpc) is 2.30. The Bertz CT molecular complexity index is 364. The lowest BCUT2D eigenvalue weighted by molar-refractivity contribution is 0.0989. The van der Waals surface area contributed by atoms with Crippen molar-refractivity contribution in [3.8, 4) is 5.75 Å². The number of hydrogen-bond donors (Lipinski definition) is 0. The number of benzene rings is 1. The van der Waals surface area contributed by atoms with Crippen LogP contribution in [0.3, 0.4) is 0 Å². The van der Waals surface area contributed by atoms with E-state index in [-0.39, 0.29) is 5.78 Å². The van der Waals surface area contributed by atoms with Crippen molar-refractivity contribution in [1.29, 1.82) is 0 Å². The van der Waals surface area contributed by atoms with E-state index in [1.54, 1.807) is 0 Å². The second kappa shape index (κ2) is 7.07. The molecule has 0 fully saturated rings. The van der Waals surface area contributed by atoms with Gasteiger partial charge in [-0.05, 0) is 24.6 Å². The summed E-state index contributed by atoms with van der Waals surface area (Å²) in [6.07, 6.45) is 0.510. The molecule has 0 aromatic heterocycles. The quantitative estimate of drug-likeness (QED) is 0.574. The third kappa shape index (κ3) is 3.59. The fourth-order valence-electron chi connectivity index (χ4n) is 1.41. The third-order valence-corrected chi connectivity index (χ3v) is 3.16. The first-order valence-electron chi connectivity index (χ1n) is 5.13. The molecule has 0 bridgehead atoms. The minimum atomic E-state index is 0.146. The zero-order valence-corrected chi connectivity index (χ0v) is 12.3. The van der Waals surface area contributed by atoms with Crippen LogP contribution in [0.25, 0.3) is 0 Å². The van der Waals surface area contributed by atoms with E-state index in [2.05, 4.69) is 31.9 Å². The molecule has 0 atom stereocenters. The molecule has 0 saturated heterocycles. The third-order valence-electron chi connectivity index (χ3n) is 2.16. The molecule has 0 spiro atoms. The lowest BCUT2D eigenvalue weighted by Crippen LogP contribution is -2.04. The first kappa shape index (κ1) is 13.7. The van der Waals surface area contributed by atoms with Gasteiger partial charge in [0, 0.05) is 22.6 Å². The summed E-state index contributed by atoms with van der Waals surface area (Å²) in [6, 6.07) is 5.65. The van der Waals surface area contributed by atoms with Crippen molar-refractivity contribution in [1.82, 2.24) is 0 Å². The highest BCUT2D eigenvalue weighted by molar-refractivity contribution is 9.09. The Morgan fingerprint density at radius 1 is 1.38 bits per heavy atom. The molecule has 0 saturated carbocycles. The lowest BCUT2D eigenvalue weighted by Gasteiger charge is -2.09. The second-order valence-electron chi connectivity index (χ2n) is 3.25. The molecule has 1 aromatic carbocycles. The molecule has 16 heavy (non-hydrogen) atoms. The molecule has 0 aliphatic carbocycles. The fraction of sp³-hybridized carbons (Fsp3) is 0.417. The normalized spacial score (nSPS) is 10.2. The number of carbonyl (C=O) groups is 1. The zero-order chi connectivity index (χ0) is 12.0. The molecule has 0 unspecified atom stereocenters. The molecular weight excluding hydrogens is 336 g/mol. The topological polar surface area (TPSA) is 26.3 Å². The Balaban J connectivity index is 3.01. The number of rotatable bonds is 6. The smallest absolute Gasteiger partial charge is 0.164 e. The second-order valence-corrected chi connectivity index (χ2v) is 4.60. The average molecular weight is 350 g/mol. The van der Waals surface area contributed by atoms with E-state index in [1.165, 1.54) is 0 Å². The number of ether oxygens (including phenoxy) is 1. The summed E-state index contributed by atoms with van der Waals surface area (Å²) in [5.74, 6) is 0.901. The maximum Gasteiger partial charge on any atom is 0.164 e. The van der Waals surface area contributed by atoms with Crippen LogP contribution in [0.2, 0.25) is 0 Å². The van der Waals surface area contributed by atoms with E-state index < -0.39 is 0 Å². The highest BCUT2D eigenvalue weighted by Crippen LogP contribution is 2.21. The molecule has 0 radical (unpaired) electrons. The summed E-state index contributed by atoms with van der Waals surface area (Å²) in [5.41, 5.74) is 1.76. The molecule has 1 rings (SSSR count). The summed E-state index contributed by atoms with van der Waals surface area (Å²) in [4.78, 5) is 11.9. The van der Waals surface area contributed by atoms with Crippen LogP contribution in [0.1, 0.15) is 29.3 Å². The number of hydrogen-bond acceptors (Lipinski definition) is 2. The predicted molar refractivity (Wildman–Crippen MR) is 73.0 cm³/mol. The Labute approximate surface area is 113 Å². The monoisotopic (exact) mass is 348 g/mol. The van der Waals surface area contributed by atoms with Gasteiger partial charge < -0.3 is 4.74 Å². The van der Waals surface area contributed by atoms with Gasteiger partial charge in [-0.15, -0.1) is 0 Å². The maximum atomic E-state index is 11.9. The fourth-order valence-corrected chi connectivity index (χ4v) is 2.26. The first-order valence-corrected chi connectivity index (χ1v) is 7.38. The van der Waals surface area contributed by atoms with Crippen molar-refractivity contribution in [3.63, 3.8) is 0 Å². The molecule has 0 heterocycles. The molecule has 2 nitrogen and oxygen atoms in total. The molecule has 4 heteroatoms. The number of carbonyl (C=O) groups excluding carboxylic acids is 1. The molecule has 0 amide bonds. The summed E-state index contributed by atoms with van der Waals surface area (Å²) < 4.78 is 5.40. The number of alkyl halides is 2. The molecule has 0 aliphatic heterocycles. The molecular formula is C12H14Br2O2. The Kier molecular flexibility index (Phi) is 6.06.